The first-order valence-corrected chi connectivity index (χ1v) is 11.2. The molecule has 0 spiro atoms. The van der Waals surface area contributed by atoms with Gasteiger partial charge in [-0.25, -0.2) is 9.59 Å². The summed E-state index contributed by atoms with van der Waals surface area (Å²) in [7, 11) is 0. The minimum atomic E-state index is -1.55. The van der Waals surface area contributed by atoms with Crippen LogP contribution in [0.5, 0.6) is 0 Å². The lowest BCUT2D eigenvalue weighted by molar-refractivity contribution is -0.147. The van der Waals surface area contributed by atoms with E-state index in [1.807, 2.05) is 43.3 Å². The van der Waals surface area contributed by atoms with Gasteiger partial charge in [-0.05, 0) is 28.7 Å². The maximum atomic E-state index is 12.5. The molecule has 8 nitrogen and oxygen atoms in total. The standard InChI is InChI=1S/C25H30N2O6/c1-2-3-12-21(23(29)26-14-13-22(28)24(30)31)27-25(32)33-15-20-18-10-6-4-8-16(18)17-9-5-7-11-19(17)20/h4-11,20-22,28H,2-3,12-15H2,1H3,(H,26,29)(H,27,32)(H,30,31)/t21-,22?/m0/s1. The summed E-state index contributed by atoms with van der Waals surface area (Å²) in [4.78, 5) is 35.7. The van der Waals surface area contributed by atoms with Gasteiger partial charge in [-0.1, -0.05) is 68.3 Å². The maximum absolute atomic E-state index is 12.5. The molecular formula is C25H30N2O6. The van der Waals surface area contributed by atoms with Gasteiger partial charge in [0.15, 0.2) is 6.10 Å². The SMILES string of the molecule is CCCC[C@H](NC(=O)OCC1c2ccccc2-c2ccccc21)C(=O)NCCC(O)C(=O)O. The molecule has 0 saturated carbocycles. The molecule has 0 fully saturated rings. The number of rotatable bonds is 11. The van der Waals surface area contributed by atoms with Gasteiger partial charge in [0.2, 0.25) is 5.91 Å². The number of carbonyl (C=O) groups is 3. The van der Waals surface area contributed by atoms with Gasteiger partial charge in [0.25, 0.3) is 0 Å². The van der Waals surface area contributed by atoms with Gasteiger partial charge in [-0.3, -0.25) is 4.79 Å². The highest BCUT2D eigenvalue weighted by Gasteiger charge is 2.29. The van der Waals surface area contributed by atoms with E-state index in [4.69, 9.17) is 9.84 Å². The van der Waals surface area contributed by atoms with Crippen molar-refractivity contribution in [1.82, 2.24) is 10.6 Å². The van der Waals surface area contributed by atoms with Crippen LogP contribution in [0.25, 0.3) is 11.1 Å². The summed E-state index contributed by atoms with van der Waals surface area (Å²) in [5, 5.41) is 23.3. The van der Waals surface area contributed by atoms with E-state index in [0.717, 1.165) is 35.1 Å². The number of alkyl carbamates (subject to hydrolysis) is 1. The topological polar surface area (TPSA) is 125 Å². The zero-order chi connectivity index (χ0) is 23.8. The van der Waals surface area contributed by atoms with E-state index >= 15 is 0 Å². The highest BCUT2D eigenvalue weighted by atomic mass is 16.5. The third kappa shape index (κ3) is 6.10. The molecule has 1 aliphatic rings. The van der Waals surface area contributed by atoms with Crippen LogP contribution in [0.3, 0.4) is 0 Å². The Hall–Kier alpha value is -3.39. The number of nitrogens with one attached hydrogen (secondary N) is 2. The first-order chi connectivity index (χ1) is 15.9. The van der Waals surface area contributed by atoms with Crippen LogP contribution in [0, 0.1) is 0 Å². The fourth-order valence-corrected chi connectivity index (χ4v) is 4.04. The van der Waals surface area contributed by atoms with E-state index < -0.39 is 30.1 Å². The van der Waals surface area contributed by atoms with Crippen molar-refractivity contribution in [2.75, 3.05) is 13.2 Å². The van der Waals surface area contributed by atoms with E-state index in [-0.39, 0.29) is 25.5 Å². The Kier molecular flexibility index (Phi) is 8.43. The monoisotopic (exact) mass is 454 g/mol. The molecule has 1 aliphatic carbocycles. The van der Waals surface area contributed by atoms with Gasteiger partial charge in [0.1, 0.15) is 12.6 Å². The number of amides is 2. The second-order valence-corrected chi connectivity index (χ2v) is 8.10. The summed E-state index contributed by atoms with van der Waals surface area (Å²) < 4.78 is 5.53. The van der Waals surface area contributed by atoms with Crippen LogP contribution in [0.1, 0.15) is 49.7 Å². The number of carbonyl (C=O) groups excluding carboxylic acids is 2. The molecule has 2 aromatic carbocycles. The third-order valence-corrected chi connectivity index (χ3v) is 5.80. The summed E-state index contributed by atoms with van der Waals surface area (Å²) in [6.07, 6.45) is -0.360. The molecule has 176 valence electrons. The minimum absolute atomic E-state index is 0.0126. The molecule has 0 aliphatic heterocycles. The number of hydrogen-bond acceptors (Lipinski definition) is 5. The normalized spacial score (nSPS) is 14.0. The van der Waals surface area contributed by atoms with Crippen LogP contribution >= 0.6 is 0 Å². The molecule has 2 aromatic rings. The molecule has 0 bridgehead atoms. The van der Waals surface area contributed by atoms with Crippen LogP contribution in [0.4, 0.5) is 4.79 Å². The van der Waals surface area contributed by atoms with Gasteiger partial charge >= 0.3 is 12.1 Å². The molecule has 0 radical (unpaired) electrons. The summed E-state index contributed by atoms with van der Waals surface area (Å²) in [5.41, 5.74) is 4.46. The Morgan fingerprint density at radius 2 is 1.61 bits per heavy atom. The summed E-state index contributed by atoms with van der Waals surface area (Å²) in [6.45, 7) is 2.11. The Morgan fingerprint density at radius 3 is 2.18 bits per heavy atom. The Balaban J connectivity index is 1.58. The molecule has 0 saturated heterocycles. The number of aliphatic hydroxyl groups is 1. The zero-order valence-corrected chi connectivity index (χ0v) is 18.6. The van der Waals surface area contributed by atoms with Crippen molar-refractivity contribution in [2.45, 2.75) is 50.7 Å². The number of benzene rings is 2. The van der Waals surface area contributed by atoms with Crippen molar-refractivity contribution >= 4 is 18.0 Å². The van der Waals surface area contributed by atoms with Crippen LogP contribution in [-0.2, 0) is 14.3 Å². The van der Waals surface area contributed by atoms with Crippen molar-refractivity contribution in [2.24, 2.45) is 0 Å². The second-order valence-electron chi connectivity index (χ2n) is 8.10. The third-order valence-electron chi connectivity index (χ3n) is 5.80. The lowest BCUT2D eigenvalue weighted by Crippen LogP contribution is -2.47. The molecular weight excluding hydrogens is 424 g/mol. The molecule has 0 aromatic heterocycles. The molecule has 33 heavy (non-hydrogen) atoms. The predicted octanol–water partition coefficient (Wildman–Crippen LogP) is 3.04. The van der Waals surface area contributed by atoms with Crippen molar-refractivity contribution in [3.05, 3.63) is 59.7 Å². The van der Waals surface area contributed by atoms with Crippen LogP contribution in [0.2, 0.25) is 0 Å². The van der Waals surface area contributed by atoms with Crippen LogP contribution in [-0.4, -0.2) is 53.5 Å². The Labute approximate surface area is 193 Å². The van der Waals surface area contributed by atoms with E-state index in [2.05, 4.69) is 22.8 Å². The summed E-state index contributed by atoms with van der Waals surface area (Å²) in [6, 6.07) is 15.3. The number of aliphatic hydroxyl groups excluding tert-OH is 1. The predicted molar refractivity (Wildman–Crippen MR) is 123 cm³/mol. The van der Waals surface area contributed by atoms with Crippen LogP contribution in [0.15, 0.2) is 48.5 Å². The summed E-state index contributed by atoms with van der Waals surface area (Å²) in [5.74, 6) is -1.86. The second kappa shape index (κ2) is 11.5. The number of ether oxygens (including phenoxy) is 1. The lowest BCUT2D eigenvalue weighted by Gasteiger charge is -2.20. The average Bonchev–Trinajstić information content (AvgIpc) is 3.13. The van der Waals surface area contributed by atoms with Crippen molar-refractivity contribution in [3.63, 3.8) is 0 Å². The van der Waals surface area contributed by atoms with Gasteiger partial charge < -0.3 is 25.6 Å². The Morgan fingerprint density at radius 1 is 1.00 bits per heavy atom. The number of unbranched alkanes of at least 4 members (excludes halogenated alkanes) is 1. The van der Waals surface area contributed by atoms with E-state index in [1.165, 1.54) is 0 Å². The minimum Gasteiger partial charge on any atom is -0.479 e. The molecule has 1 unspecified atom stereocenters. The van der Waals surface area contributed by atoms with E-state index in [1.54, 1.807) is 0 Å². The van der Waals surface area contributed by atoms with E-state index in [9.17, 15) is 19.5 Å². The lowest BCUT2D eigenvalue weighted by atomic mass is 9.98. The Bertz CT molecular complexity index is 947. The van der Waals surface area contributed by atoms with Crippen LogP contribution < -0.4 is 10.6 Å². The quantitative estimate of drug-likeness (QED) is 0.414. The summed E-state index contributed by atoms with van der Waals surface area (Å²) >= 11 is 0. The van der Waals surface area contributed by atoms with Gasteiger partial charge in [0, 0.05) is 18.9 Å². The molecule has 2 atom stereocenters. The number of carboxylic acid groups (broad SMARTS) is 1. The van der Waals surface area contributed by atoms with Gasteiger partial charge in [-0.2, -0.15) is 0 Å². The van der Waals surface area contributed by atoms with E-state index in [0.29, 0.717) is 6.42 Å². The van der Waals surface area contributed by atoms with Crippen molar-refractivity contribution in [1.29, 1.82) is 0 Å². The largest absolute Gasteiger partial charge is 0.479 e. The average molecular weight is 455 g/mol. The van der Waals surface area contributed by atoms with Gasteiger partial charge in [-0.15, -0.1) is 0 Å². The molecule has 8 heteroatoms. The highest BCUT2D eigenvalue weighted by Crippen LogP contribution is 2.44. The maximum Gasteiger partial charge on any atom is 0.407 e. The molecule has 4 N–H and O–H groups in total. The number of carboxylic acids is 1. The van der Waals surface area contributed by atoms with Gasteiger partial charge in [0.05, 0.1) is 0 Å². The first kappa shape index (κ1) is 24.3. The fourth-order valence-electron chi connectivity index (χ4n) is 4.04. The van der Waals surface area contributed by atoms with Crippen molar-refractivity contribution in [3.8, 4) is 11.1 Å². The molecule has 2 amide bonds. The van der Waals surface area contributed by atoms with Crippen molar-refractivity contribution < 1.29 is 29.3 Å². The molecule has 3 rings (SSSR count). The number of fused-ring (bicyclic) bond motifs is 3. The smallest absolute Gasteiger partial charge is 0.407 e. The number of aliphatic carboxylic acids is 1. The zero-order valence-electron chi connectivity index (χ0n) is 18.6. The number of hydrogen-bond donors (Lipinski definition) is 4. The first-order valence-electron chi connectivity index (χ1n) is 11.2. The highest BCUT2D eigenvalue weighted by molar-refractivity contribution is 5.85. The fraction of sp³-hybridized carbons (Fsp3) is 0.400. The molecule has 0 heterocycles.